The maximum atomic E-state index is 13.8. The molecule has 0 saturated heterocycles. The third-order valence-electron chi connectivity index (χ3n) is 7.81. The van der Waals surface area contributed by atoms with Gasteiger partial charge in [-0.05, 0) is 55.9 Å². The van der Waals surface area contributed by atoms with Gasteiger partial charge >= 0.3 is 0 Å². The summed E-state index contributed by atoms with van der Waals surface area (Å²) in [6.45, 7) is 5.51. The number of nitrogens with zero attached hydrogens (tertiary/aromatic N) is 3. The summed E-state index contributed by atoms with van der Waals surface area (Å²) in [4.78, 5) is 35.5. The molecule has 43 heavy (non-hydrogen) atoms. The fraction of sp³-hybridized carbons (Fsp3) is 0.344. The third kappa shape index (κ3) is 6.01. The van der Waals surface area contributed by atoms with Crippen molar-refractivity contribution in [3.8, 4) is 17.2 Å². The van der Waals surface area contributed by atoms with Gasteiger partial charge in [-0.25, -0.2) is 4.98 Å². The van der Waals surface area contributed by atoms with Gasteiger partial charge in [-0.2, -0.15) is 0 Å². The number of aromatic nitrogens is 1. The Kier molecular flexibility index (Phi) is 8.20. The number of thiazole rings is 1. The van der Waals surface area contributed by atoms with Crippen molar-refractivity contribution in [3.05, 3.63) is 76.8 Å². The first-order valence-corrected chi connectivity index (χ1v) is 15.1. The number of amides is 2. The second-order valence-corrected chi connectivity index (χ2v) is 12.2. The largest absolute Gasteiger partial charge is 0.486 e. The summed E-state index contributed by atoms with van der Waals surface area (Å²) >= 11 is 1.30. The summed E-state index contributed by atoms with van der Waals surface area (Å²) in [7, 11) is 2.01. The lowest BCUT2D eigenvalue weighted by molar-refractivity contribution is 0.0343. The number of carbonyl (C=O) groups excluding carboxylic acids is 2. The molecule has 0 unspecified atom stereocenters. The number of carbonyl (C=O) groups is 2. The molecular formula is C32H34N4O6S. The van der Waals surface area contributed by atoms with Crippen LogP contribution >= 0.6 is 11.3 Å². The minimum absolute atomic E-state index is 0.0849. The molecule has 3 heterocycles. The highest BCUT2D eigenvalue weighted by atomic mass is 32.1. The van der Waals surface area contributed by atoms with E-state index < -0.39 is 6.04 Å². The lowest BCUT2D eigenvalue weighted by atomic mass is 9.98. The van der Waals surface area contributed by atoms with Crippen LogP contribution in [0.5, 0.6) is 17.2 Å². The number of ether oxygens (including phenoxy) is 3. The molecule has 0 bridgehead atoms. The van der Waals surface area contributed by atoms with Crippen molar-refractivity contribution >= 4 is 39.1 Å². The monoisotopic (exact) mass is 602 g/mol. The number of anilines is 1. The van der Waals surface area contributed by atoms with Crippen LogP contribution in [-0.4, -0.2) is 77.4 Å². The Morgan fingerprint density at radius 3 is 2.79 bits per heavy atom. The molecule has 2 aliphatic heterocycles. The predicted molar refractivity (Wildman–Crippen MR) is 164 cm³/mol. The van der Waals surface area contributed by atoms with E-state index >= 15 is 0 Å². The van der Waals surface area contributed by atoms with Gasteiger partial charge in [0.2, 0.25) is 6.79 Å². The number of aliphatic hydroxyl groups is 1. The van der Waals surface area contributed by atoms with E-state index in [9.17, 15) is 14.7 Å². The number of nitrogens with one attached hydrogen (secondary N) is 1. The SMILES string of the molecule is C[C@@H]1CN([C@@H](C)CO)C(=O)c2cccc(NC(=O)c3nc4ccccc4s3)c2O[C@@H]1CN(C)Cc1ccc2c(c1)OCO2. The molecule has 0 aliphatic carbocycles. The Hall–Kier alpha value is -4.19. The zero-order valence-corrected chi connectivity index (χ0v) is 25.1. The van der Waals surface area contributed by atoms with Crippen molar-refractivity contribution in [1.29, 1.82) is 0 Å². The second kappa shape index (κ2) is 12.2. The number of rotatable bonds is 8. The summed E-state index contributed by atoms with van der Waals surface area (Å²) in [5.41, 5.74) is 2.54. The van der Waals surface area contributed by atoms with E-state index in [1.807, 2.05) is 63.4 Å². The molecular weight excluding hydrogens is 568 g/mol. The molecule has 224 valence electrons. The van der Waals surface area contributed by atoms with Gasteiger partial charge in [-0.1, -0.05) is 31.2 Å². The average molecular weight is 603 g/mol. The standard InChI is InChI=1S/C32H34N4O6S/c1-19-14-36(20(2)17-37)32(39)22-7-6-9-24(33-30(38)31-34-23-8-4-5-10-28(23)43-31)29(22)42-27(19)16-35(3)15-21-11-12-25-26(13-21)41-18-40-25/h4-13,19-20,27,37H,14-18H2,1-3H3,(H,33,38)/t19-,20+,27-/m1/s1. The molecule has 0 spiro atoms. The Bertz CT molecular complexity index is 1630. The normalized spacial score (nSPS) is 18.6. The van der Waals surface area contributed by atoms with E-state index in [0.717, 1.165) is 27.3 Å². The van der Waals surface area contributed by atoms with E-state index in [1.54, 1.807) is 23.1 Å². The fourth-order valence-electron chi connectivity index (χ4n) is 5.43. The Morgan fingerprint density at radius 2 is 1.98 bits per heavy atom. The van der Waals surface area contributed by atoms with Gasteiger partial charge in [-0.3, -0.25) is 14.5 Å². The van der Waals surface area contributed by atoms with E-state index in [2.05, 4.69) is 15.2 Å². The van der Waals surface area contributed by atoms with Gasteiger partial charge in [0.05, 0.1) is 34.1 Å². The molecule has 6 rings (SSSR count). The van der Waals surface area contributed by atoms with Crippen LogP contribution in [0.1, 0.15) is 39.6 Å². The van der Waals surface area contributed by atoms with Gasteiger partial charge in [0.15, 0.2) is 22.3 Å². The third-order valence-corrected chi connectivity index (χ3v) is 8.84. The van der Waals surface area contributed by atoms with Crippen LogP contribution in [0.25, 0.3) is 10.2 Å². The minimum atomic E-state index is -0.395. The first-order valence-electron chi connectivity index (χ1n) is 14.3. The molecule has 4 aromatic rings. The topological polar surface area (TPSA) is 113 Å². The van der Waals surface area contributed by atoms with E-state index in [0.29, 0.717) is 41.6 Å². The van der Waals surface area contributed by atoms with Gasteiger partial charge < -0.3 is 29.5 Å². The van der Waals surface area contributed by atoms with Crippen LogP contribution in [0.3, 0.4) is 0 Å². The maximum Gasteiger partial charge on any atom is 0.284 e. The zero-order chi connectivity index (χ0) is 30.1. The van der Waals surface area contributed by atoms with Gasteiger partial charge in [-0.15, -0.1) is 11.3 Å². The highest BCUT2D eigenvalue weighted by Crippen LogP contribution is 2.36. The van der Waals surface area contributed by atoms with Crippen LogP contribution in [0, 0.1) is 5.92 Å². The summed E-state index contributed by atoms with van der Waals surface area (Å²) in [5, 5.41) is 13.3. The van der Waals surface area contributed by atoms with Crippen LogP contribution in [0.2, 0.25) is 0 Å². The van der Waals surface area contributed by atoms with Crippen LogP contribution in [0.15, 0.2) is 60.7 Å². The molecule has 0 radical (unpaired) electrons. The first-order chi connectivity index (χ1) is 20.8. The first kappa shape index (κ1) is 28.9. The Morgan fingerprint density at radius 1 is 1.16 bits per heavy atom. The lowest BCUT2D eigenvalue weighted by Gasteiger charge is -2.38. The van der Waals surface area contributed by atoms with Gasteiger partial charge in [0.1, 0.15) is 6.10 Å². The molecule has 1 aromatic heterocycles. The fourth-order valence-corrected chi connectivity index (χ4v) is 6.29. The highest BCUT2D eigenvalue weighted by Gasteiger charge is 2.35. The predicted octanol–water partition coefficient (Wildman–Crippen LogP) is 4.63. The summed E-state index contributed by atoms with van der Waals surface area (Å²) < 4.78 is 18.6. The maximum absolute atomic E-state index is 13.8. The van der Waals surface area contributed by atoms with Gasteiger partial charge in [0.25, 0.3) is 11.8 Å². The number of para-hydroxylation sites is 2. The molecule has 0 fully saturated rings. The van der Waals surface area contributed by atoms with Crippen LogP contribution in [-0.2, 0) is 6.54 Å². The number of aliphatic hydroxyl groups excluding tert-OH is 1. The quantitative estimate of drug-likeness (QED) is 0.300. The number of benzene rings is 3. The van der Waals surface area contributed by atoms with Crippen LogP contribution < -0.4 is 19.5 Å². The minimum Gasteiger partial charge on any atom is -0.486 e. The molecule has 0 saturated carbocycles. The molecule has 2 amide bonds. The lowest BCUT2D eigenvalue weighted by Crippen LogP contribution is -2.49. The van der Waals surface area contributed by atoms with Crippen molar-refractivity contribution in [2.45, 2.75) is 32.5 Å². The average Bonchev–Trinajstić information content (AvgIpc) is 3.66. The molecule has 11 heteroatoms. The number of fused-ring (bicyclic) bond motifs is 3. The van der Waals surface area contributed by atoms with Crippen molar-refractivity contribution in [2.24, 2.45) is 5.92 Å². The number of hydrogen-bond donors (Lipinski definition) is 2. The Balaban J connectivity index is 1.29. The zero-order valence-electron chi connectivity index (χ0n) is 24.3. The highest BCUT2D eigenvalue weighted by molar-refractivity contribution is 7.20. The summed E-state index contributed by atoms with van der Waals surface area (Å²) in [6.07, 6.45) is -0.334. The Labute approximate surface area is 253 Å². The molecule has 3 atom stereocenters. The molecule has 2 aliphatic rings. The van der Waals surface area contributed by atoms with E-state index in [-0.39, 0.29) is 37.2 Å². The summed E-state index contributed by atoms with van der Waals surface area (Å²) in [6, 6.07) is 18.3. The number of likely N-dealkylation sites (N-methyl/N-ethyl adjacent to an activating group) is 1. The number of hydrogen-bond acceptors (Lipinski definition) is 9. The van der Waals surface area contributed by atoms with Gasteiger partial charge in [0, 0.05) is 25.6 Å². The summed E-state index contributed by atoms with van der Waals surface area (Å²) in [5.74, 6) is 1.06. The smallest absolute Gasteiger partial charge is 0.284 e. The van der Waals surface area contributed by atoms with Crippen LogP contribution in [0.4, 0.5) is 5.69 Å². The van der Waals surface area contributed by atoms with E-state index in [4.69, 9.17) is 14.2 Å². The molecule has 3 aromatic carbocycles. The van der Waals surface area contributed by atoms with Crippen molar-refractivity contribution in [1.82, 2.24) is 14.8 Å². The molecule has 2 N–H and O–H groups in total. The van der Waals surface area contributed by atoms with Crippen molar-refractivity contribution < 1.29 is 28.9 Å². The van der Waals surface area contributed by atoms with Crippen molar-refractivity contribution in [2.75, 3.05) is 38.9 Å². The van der Waals surface area contributed by atoms with E-state index in [1.165, 1.54) is 11.3 Å². The molecule has 10 nitrogen and oxygen atoms in total. The second-order valence-electron chi connectivity index (χ2n) is 11.1. The van der Waals surface area contributed by atoms with Crippen molar-refractivity contribution in [3.63, 3.8) is 0 Å².